The van der Waals surface area contributed by atoms with Crippen molar-refractivity contribution in [3.8, 4) is 40.7 Å². The van der Waals surface area contributed by atoms with Gasteiger partial charge in [0.15, 0.2) is 11.6 Å². The molecule has 0 atom stereocenters. The highest BCUT2D eigenvalue weighted by Crippen LogP contribution is 2.38. The second-order valence-corrected chi connectivity index (χ2v) is 15.4. The molecule has 0 spiro atoms. The molecule has 0 N–H and O–H groups in total. The van der Waals surface area contributed by atoms with E-state index in [0.717, 1.165) is 136 Å². The molecule has 4 aromatic heterocycles. The number of piperazine rings is 2. The van der Waals surface area contributed by atoms with E-state index in [1.54, 1.807) is 7.11 Å². The maximum Gasteiger partial charge on any atom is 0.163 e. The van der Waals surface area contributed by atoms with Crippen molar-refractivity contribution in [3.05, 3.63) is 75.5 Å². The number of likely N-dealkylation sites (N-methyl/N-ethyl adjacent to an activating group) is 2. The highest BCUT2D eigenvalue weighted by molar-refractivity contribution is 7.19. The van der Waals surface area contributed by atoms with Crippen LogP contribution < -0.4 is 14.5 Å². The van der Waals surface area contributed by atoms with Crippen LogP contribution in [0.15, 0.2) is 54.6 Å². The Balaban J connectivity index is 0.000000167. The van der Waals surface area contributed by atoms with E-state index >= 15 is 0 Å². The van der Waals surface area contributed by atoms with E-state index in [0.29, 0.717) is 10.7 Å². The van der Waals surface area contributed by atoms with Crippen LogP contribution in [0.25, 0.3) is 43.2 Å². The van der Waals surface area contributed by atoms with Crippen molar-refractivity contribution in [1.82, 2.24) is 29.7 Å². The van der Waals surface area contributed by atoms with Gasteiger partial charge in [-0.1, -0.05) is 44.2 Å². The average molecular weight is 757 g/mol. The molecule has 0 aliphatic carbocycles. The summed E-state index contributed by atoms with van der Waals surface area (Å²) in [6, 6.07) is 22.5. The highest BCUT2D eigenvalue weighted by atomic mass is 32.1. The monoisotopic (exact) mass is 756 g/mol. The molecule has 2 aromatic carbocycles. The van der Waals surface area contributed by atoms with Crippen molar-refractivity contribution in [2.45, 2.75) is 27.7 Å². The zero-order valence-corrected chi connectivity index (χ0v) is 33.1. The van der Waals surface area contributed by atoms with E-state index in [9.17, 15) is 10.5 Å². The second kappa shape index (κ2) is 16.5. The molecular formula is C41H44N10OS2. The lowest BCUT2D eigenvalue weighted by molar-refractivity contribution is 0.271. The van der Waals surface area contributed by atoms with Gasteiger partial charge in [0, 0.05) is 63.5 Å². The molecule has 2 aliphatic rings. The van der Waals surface area contributed by atoms with E-state index in [2.05, 4.69) is 45.6 Å². The minimum atomic E-state index is 0.689. The molecular weight excluding hydrogens is 713 g/mol. The molecule has 13 heteroatoms. The largest absolute Gasteiger partial charge is 0.497 e. The Bertz CT molecular complexity index is 2330. The quantitative estimate of drug-likeness (QED) is 0.162. The third kappa shape index (κ3) is 7.46. The van der Waals surface area contributed by atoms with Crippen LogP contribution in [0, 0.1) is 36.5 Å². The summed E-state index contributed by atoms with van der Waals surface area (Å²) < 4.78 is 5.26. The van der Waals surface area contributed by atoms with Gasteiger partial charge in [0.05, 0.1) is 17.9 Å². The van der Waals surface area contributed by atoms with Crippen LogP contribution >= 0.6 is 22.7 Å². The van der Waals surface area contributed by atoms with Crippen LogP contribution in [0.5, 0.6) is 5.75 Å². The summed E-state index contributed by atoms with van der Waals surface area (Å²) in [5.74, 6) is 4.15. The Morgan fingerprint density at radius 1 is 0.611 bits per heavy atom. The summed E-state index contributed by atoms with van der Waals surface area (Å²) in [6.07, 6.45) is 0. The van der Waals surface area contributed by atoms with Gasteiger partial charge in [-0.3, -0.25) is 0 Å². The maximum absolute atomic E-state index is 9.51. The summed E-state index contributed by atoms with van der Waals surface area (Å²) in [5.41, 5.74) is 3.94. The first-order valence-electron chi connectivity index (χ1n) is 18.4. The first kappa shape index (κ1) is 37.1. The number of hydrogen-bond acceptors (Lipinski definition) is 13. The number of aromatic nitrogens is 4. The van der Waals surface area contributed by atoms with Gasteiger partial charge >= 0.3 is 0 Å². The molecule has 276 valence electrons. The number of aryl methyl sites for hydroxylation is 2. The molecule has 8 rings (SSSR count). The van der Waals surface area contributed by atoms with E-state index in [-0.39, 0.29) is 0 Å². The zero-order valence-electron chi connectivity index (χ0n) is 31.5. The van der Waals surface area contributed by atoms with Crippen LogP contribution in [0.4, 0.5) is 11.6 Å². The highest BCUT2D eigenvalue weighted by Gasteiger charge is 2.25. The van der Waals surface area contributed by atoms with Gasteiger partial charge in [0.25, 0.3) is 0 Å². The van der Waals surface area contributed by atoms with Gasteiger partial charge in [0.2, 0.25) is 0 Å². The lowest BCUT2D eigenvalue weighted by Gasteiger charge is -2.35. The Hall–Kier alpha value is -5.18. The first-order valence-corrected chi connectivity index (χ1v) is 20.1. The number of fused-ring (bicyclic) bond motifs is 2. The van der Waals surface area contributed by atoms with Crippen LogP contribution in [-0.2, 0) is 0 Å². The van der Waals surface area contributed by atoms with Gasteiger partial charge in [-0.05, 0) is 62.3 Å². The fourth-order valence-electron chi connectivity index (χ4n) is 7.04. The lowest BCUT2D eigenvalue weighted by atomic mass is 10.1. The SMILES string of the molecule is CCN1CCN(c2nc(-c3ccc(OC)cc3)nc3sc(C#N)c(C)c23)CC1.CCN1CCN(c2nc(-c3ccccc3)nc3sc(C#N)c(C)c23)CC1. The predicted octanol–water partition coefficient (Wildman–Crippen LogP) is 7.37. The summed E-state index contributed by atoms with van der Waals surface area (Å²) in [4.78, 5) is 32.3. The summed E-state index contributed by atoms with van der Waals surface area (Å²) >= 11 is 2.92. The Morgan fingerprint density at radius 3 is 1.43 bits per heavy atom. The Kier molecular flexibility index (Phi) is 11.3. The molecule has 6 heterocycles. The van der Waals surface area contributed by atoms with Crippen LogP contribution in [0.1, 0.15) is 34.7 Å². The van der Waals surface area contributed by atoms with Crippen LogP contribution in [0.2, 0.25) is 0 Å². The summed E-state index contributed by atoms with van der Waals surface area (Å²) in [6.45, 7) is 18.4. The molecule has 11 nitrogen and oxygen atoms in total. The third-order valence-electron chi connectivity index (χ3n) is 10.4. The minimum absolute atomic E-state index is 0.689. The molecule has 2 fully saturated rings. The van der Waals surface area contributed by atoms with Gasteiger partial charge in [0.1, 0.15) is 48.9 Å². The topological polar surface area (TPSA) is 121 Å². The van der Waals surface area contributed by atoms with Crippen molar-refractivity contribution >= 4 is 54.7 Å². The fourth-order valence-corrected chi connectivity index (χ4v) is 8.99. The number of hydrogen-bond donors (Lipinski definition) is 0. The van der Waals surface area contributed by atoms with Gasteiger partial charge in [-0.2, -0.15) is 10.5 Å². The van der Waals surface area contributed by atoms with Crippen molar-refractivity contribution in [3.63, 3.8) is 0 Å². The Labute approximate surface area is 324 Å². The van der Waals surface area contributed by atoms with E-state index in [4.69, 9.17) is 24.7 Å². The van der Waals surface area contributed by atoms with Crippen molar-refractivity contribution in [2.24, 2.45) is 0 Å². The van der Waals surface area contributed by atoms with Gasteiger partial charge in [-0.25, -0.2) is 19.9 Å². The molecule has 0 bridgehead atoms. The predicted molar refractivity (Wildman–Crippen MR) is 220 cm³/mol. The third-order valence-corrected chi connectivity index (χ3v) is 12.5. The number of thiophene rings is 2. The number of nitriles is 2. The van der Waals surface area contributed by atoms with E-state index < -0.39 is 0 Å². The number of anilines is 2. The Morgan fingerprint density at radius 2 is 1.04 bits per heavy atom. The van der Waals surface area contributed by atoms with Crippen molar-refractivity contribution in [1.29, 1.82) is 10.5 Å². The van der Waals surface area contributed by atoms with Crippen LogP contribution in [-0.4, -0.2) is 102 Å². The van der Waals surface area contributed by atoms with Crippen molar-refractivity contribution in [2.75, 3.05) is 82.4 Å². The van der Waals surface area contributed by atoms with Crippen LogP contribution in [0.3, 0.4) is 0 Å². The molecule has 54 heavy (non-hydrogen) atoms. The molecule has 0 saturated carbocycles. The molecule has 0 unspecified atom stereocenters. The standard InChI is InChI=1S/C21H23N5OS.C20H21N5S/c1-4-25-9-11-26(12-10-25)20-18-14(2)17(13-22)28-21(18)24-19(23-20)15-5-7-16(27-3)8-6-15;1-3-24-9-11-25(12-10-24)19-17-14(2)16(13-21)26-20(17)23-18(22-19)15-7-5-4-6-8-15/h5-8H,4,9-12H2,1-3H3;4-8H,3,9-12H2,1-2H3. The molecule has 0 amide bonds. The fraction of sp³-hybridized carbons (Fsp3) is 0.366. The lowest BCUT2D eigenvalue weighted by Crippen LogP contribution is -2.46. The number of benzene rings is 2. The zero-order chi connectivity index (χ0) is 37.8. The molecule has 6 aromatic rings. The smallest absolute Gasteiger partial charge is 0.163 e. The summed E-state index contributed by atoms with van der Waals surface area (Å²) in [7, 11) is 1.66. The van der Waals surface area contributed by atoms with E-state index in [1.807, 2.05) is 68.4 Å². The molecule has 2 saturated heterocycles. The normalized spacial score (nSPS) is 15.2. The maximum atomic E-state index is 9.51. The van der Waals surface area contributed by atoms with Gasteiger partial charge < -0.3 is 24.3 Å². The van der Waals surface area contributed by atoms with E-state index in [1.165, 1.54) is 22.7 Å². The number of rotatable bonds is 7. The average Bonchev–Trinajstić information content (AvgIpc) is 3.75. The number of methoxy groups -OCH3 is 1. The number of nitrogens with zero attached hydrogens (tertiary/aromatic N) is 10. The van der Waals surface area contributed by atoms with Crippen molar-refractivity contribution < 1.29 is 4.74 Å². The first-order chi connectivity index (χ1) is 26.3. The van der Waals surface area contributed by atoms with Gasteiger partial charge in [-0.15, -0.1) is 22.7 Å². The second-order valence-electron chi connectivity index (χ2n) is 13.4. The molecule has 2 aliphatic heterocycles. The molecule has 0 radical (unpaired) electrons. The minimum Gasteiger partial charge on any atom is -0.497 e. The summed E-state index contributed by atoms with van der Waals surface area (Å²) in [5, 5.41) is 21.0. The number of ether oxygens (including phenoxy) is 1.